The summed E-state index contributed by atoms with van der Waals surface area (Å²) in [6, 6.07) is 15.7. The maximum Gasteiger partial charge on any atom is 0.264 e. The van der Waals surface area contributed by atoms with Gasteiger partial charge in [0.1, 0.15) is 4.90 Å². The van der Waals surface area contributed by atoms with E-state index in [1.807, 2.05) is 13.1 Å². The summed E-state index contributed by atoms with van der Waals surface area (Å²) < 4.78 is 27.6. The Morgan fingerprint density at radius 1 is 1.04 bits per heavy atom. The summed E-state index contributed by atoms with van der Waals surface area (Å²) in [5.41, 5.74) is 0.776. The number of hydrogen-bond donors (Lipinski definition) is 1. The lowest BCUT2D eigenvalue weighted by molar-refractivity contribution is 0.0703. The lowest BCUT2D eigenvalue weighted by atomic mass is 10.0. The molecule has 1 N–H and O–H groups in total. The largest absolute Gasteiger partial charge is 0.338 e. The number of halogens is 1. The molecule has 0 saturated carbocycles. The number of anilines is 1. The second kappa shape index (κ2) is 9.41. The minimum Gasteiger partial charge on any atom is -0.338 e. The summed E-state index contributed by atoms with van der Waals surface area (Å²) in [5.74, 6) is -0.231. The molecule has 1 saturated heterocycles. The Bertz CT molecular complexity index is 898. The van der Waals surface area contributed by atoms with Gasteiger partial charge in [-0.05, 0) is 44.2 Å². The number of hydrogen-bond acceptors (Lipinski definition) is 4. The zero-order valence-electron chi connectivity index (χ0n) is 16.0. The first-order valence-corrected chi connectivity index (χ1v) is 10.5. The summed E-state index contributed by atoms with van der Waals surface area (Å²) in [6.45, 7) is 1.24. The van der Waals surface area contributed by atoms with Crippen molar-refractivity contribution in [3.8, 4) is 0 Å². The van der Waals surface area contributed by atoms with Crippen LogP contribution < -0.4 is 9.62 Å². The third-order valence-corrected chi connectivity index (χ3v) is 6.91. The molecule has 0 atom stereocenters. The van der Waals surface area contributed by atoms with Crippen molar-refractivity contribution in [2.45, 2.75) is 23.8 Å². The highest BCUT2D eigenvalue weighted by Crippen LogP contribution is 2.26. The highest BCUT2D eigenvalue weighted by molar-refractivity contribution is 7.92. The van der Waals surface area contributed by atoms with E-state index >= 15 is 0 Å². The van der Waals surface area contributed by atoms with Crippen LogP contribution in [0.4, 0.5) is 5.69 Å². The molecule has 0 aromatic heterocycles. The number of likely N-dealkylation sites (tertiary alicyclic amines) is 1. The molecule has 2 aromatic carbocycles. The van der Waals surface area contributed by atoms with Crippen LogP contribution in [-0.4, -0.2) is 52.5 Å². The topological polar surface area (TPSA) is 69.7 Å². The SMILES string of the molecule is CNC1CCN(C(=O)c2ccccc2S(=O)(=O)N(C)c2ccccc2)CC1.Cl. The van der Waals surface area contributed by atoms with Gasteiger partial charge in [-0.25, -0.2) is 8.42 Å². The van der Waals surface area contributed by atoms with Crippen molar-refractivity contribution in [2.24, 2.45) is 0 Å². The maximum absolute atomic E-state index is 13.2. The van der Waals surface area contributed by atoms with Crippen LogP contribution in [0.1, 0.15) is 23.2 Å². The Labute approximate surface area is 173 Å². The molecule has 0 spiro atoms. The van der Waals surface area contributed by atoms with E-state index in [1.54, 1.807) is 47.4 Å². The fourth-order valence-corrected chi connectivity index (χ4v) is 4.71. The van der Waals surface area contributed by atoms with Crippen LogP contribution in [0.15, 0.2) is 59.5 Å². The van der Waals surface area contributed by atoms with Crippen LogP contribution in [0.3, 0.4) is 0 Å². The van der Waals surface area contributed by atoms with Crippen LogP contribution in [0.5, 0.6) is 0 Å². The lowest BCUT2D eigenvalue weighted by Gasteiger charge is -2.32. The number of nitrogens with zero attached hydrogens (tertiary/aromatic N) is 2. The summed E-state index contributed by atoms with van der Waals surface area (Å²) in [6.07, 6.45) is 1.72. The number of carbonyl (C=O) groups is 1. The quantitative estimate of drug-likeness (QED) is 0.802. The van der Waals surface area contributed by atoms with Crippen LogP contribution in [0.2, 0.25) is 0 Å². The molecule has 0 radical (unpaired) electrons. The zero-order chi connectivity index (χ0) is 19.4. The number of amides is 1. The van der Waals surface area contributed by atoms with Gasteiger partial charge in [0.15, 0.2) is 0 Å². The van der Waals surface area contributed by atoms with Gasteiger partial charge in [-0.15, -0.1) is 12.4 Å². The van der Waals surface area contributed by atoms with Gasteiger partial charge in [-0.1, -0.05) is 30.3 Å². The average molecular weight is 424 g/mol. The standard InChI is InChI=1S/C20H25N3O3S.ClH/c1-21-16-12-14-23(15-13-16)20(24)18-10-6-7-11-19(18)27(25,26)22(2)17-8-4-3-5-9-17;/h3-11,16,21H,12-15H2,1-2H3;1H. The molecule has 3 rings (SSSR count). The van der Waals surface area contributed by atoms with Gasteiger partial charge in [-0.3, -0.25) is 9.10 Å². The first kappa shape index (κ1) is 22.2. The molecule has 1 fully saturated rings. The Hall–Kier alpha value is -2.09. The minimum atomic E-state index is -3.85. The highest BCUT2D eigenvalue weighted by atomic mass is 35.5. The molecular formula is C20H26ClN3O3S. The van der Waals surface area contributed by atoms with E-state index in [9.17, 15) is 13.2 Å². The normalized spacial score (nSPS) is 15.0. The minimum absolute atomic E-state index is 0. The van der Waals surface area contributed by atoms with Crippen LogP contribution in [0, 0.1) is 0 Å². The fraction of sp³-hybridized carbons (Fsp3) is 0.350. The Balaban J connectivity index is 0.00000280. The fourth-order valence-electron chi connectivity index (χ4n) is 3.33. The summed E-state index contributed by atoms with van der Waals surface area (Å²) in [7, 11) is -0.424. The monoisotopic (exact) mass is 423 g/mol. The highest BCUT2D eigenvalue weighted by Gasteiger charge is 2.30. The number of para-hydroxylation sites is 1. The van der Waals surface area contributed by atoms with Crippen LogP contribution >= 0.6 is 12.4 Å². The van der Waals surface area contributed by atoms with Gasteiger partial charge < -0.3 is 10.2 Å². The van der Waals surface area contributed by atoms with Crippen molar-refractivity contribution in [2.75, 3.05) is 31.5 Å². The average Bonchev–Trinajstić information content (AvgIpc) is 2.73. The molecule has 8 heteroatoms. The molecule has 2 aromatic rings. The third kappa shape index (κ3) is 4.48. The maximum atomic E-state index is 13.2. The smallest absolute Gasteiger partial charge is 0.264 e. The molecule has 152 valence electrons. The number of piperidine rings is 1. The van der Waals surface area contributed by atoms with Crippen LogP contribution in [0.25, 0.3) is 0 Å². The second-order valence-corrected chi connectivity index (χ2v) is 8.60. The van der Waals surface area contributed by atoms with Gasteiger partial charge in [0.25, 0.3) is 15.9 Å². The molecule has 1 heterocycles. The summed E-state index contributed by atoms with van der Waals surface area (Å²) in [5, 5.41) is 3.23. The van der Waals surface area contributed by atoms with E-state index in [0.29, 0.717) is 24.8 Å². The van der Waals surface area contributed by atoms with E-state index < -0.39 is 10.0 Å². The number of benzene rings is 2. The molecule has 1 aliphatic heterocycles. The van der Waals surface area contributed by atoms with Gasteiger partial charge in [0, 0.05) is 26.2 Å². The van der Waals surface area contributed by atoms with Crippen LogP contribution in [-0.2, 0) is 10.0 Å². The molecular weight excluding hydrogens is 398 g/mol. The molecule has 1 aliphatic rings. The van der Waals surface area contributed by atoms with Gasteiger partial charge in [-0.2, -0.15) is 0 Å². The van der Waals surface area contributed by atoms with Crippen molar-refractivity contribution in [3.05, 3.63) is 60.2 Å². The zero-order valence-corrected chi connectivity index (χ0v) is 17.7. The molecule has 0 unspecified atom stereocenters. The molecule has 0 bridgehead atoms. The Morgan fingerprint density at radius 3 is 2.21 bits per heavy atom. The second-order valence-electron chi connectivity index (χ2n) is 6.66. The molecule has 0 aliphatic carbocycles. The predicted molar refractivity (Wildman–Crippen MR) is 114 cm³/mol. The summed E-state index contributed by atoms with van der Waals surface area (Å²) >= 11 is 0. The van der Waals surface area contributed by atoms with Crippen molar-refractivity contribution >= 4 is 34.0 Å². The van der Waals surface area contributed by atoms with Crippen molar-refractivity contribution in [3.63, 3.8) is 0 Å². The third-order valence-electron chi connectivity index (χ3n) is 5.07. The van der Waals surface area contributed by atoms with Crippen molar-refractivity contribution < 1.29 is 13.2 Å². The summed E-state index contributed by atoms with van der Waals surface area (Å²) in [4.78, 5) is 14.8. The predicted octanol–water partition coefficient (Wildman–Crippen LogP) is 2.76. The number of sulfonamides is 1. The van der Waals surface area contributed by atoms with E-state index in [0.717, 1.165) is 12.8 Å². The molecule has 6 nitrogen and oxygen atoms in total. The van der Waals surface area contributed by atoms with Gasteiger partial charge >= 0.3 is 0 Å². The molecule has 28 heavy (non-hydrogen) atoms. The number of nitrogens with one attached hydrogen (secondary N) is 1. The number of rotatable bonds is 5. The van der Waals surface area contributed by atoms with E-state index in [2.05, 4.69) is 5.32 Å². The van der Waals surface area contributed by atoms with Gasteiger partial charge in [0.2, 0.25) is 0 Å². The van der Waals surface area contributed by atoms with E-state index in [4.69, 9.17) is 0 Å². The van der Waals surface area contributed by atoms with Crippen molar-refractivity contribution in [1.29, 1.82) is 0 Å². The Kier molecular flexibility index (Phi) is 7.46. The van der Waals surface area contributed by atoms with E-state index in [-0.39, 0.29) is 28.8 Å². The lowest BCUT2D eigenvalue weighted by Crippen LogP contribution is -2.44. The first-order valence-electron chi connectivity index (χ1n) is 9.04. The number of carbonyl (C=O) groups excluding carboxylic acids is 1. The first-order chi connectivity index (χ1) is 12.9. The van der Waals surface area contributed by atoms with Gasteiger partial charge in [0.05, 0.1) is 11.3 Å². The van der Waals surface area contributed by atoms with Crippen molar-refractivity contribution in [1.82, 2.24) is 10.2 Å². The Morgan fingerprint density at radius 2 is 1.61 bits per heavy atom. The molecule has 1 amide bonds. The van der Waals surface area contributed by atoms with E-state index in [1.165, 1.54) is 17.4 Å².